The Labute approximate surface area is 149 Å². The molecule has 1 heterocycles. The molecule has 0 bridgehead atoms. The van der Waals surface area contributed by atoms with Gasteiger partial charge < -0.3 is 10.2 Å². The molecular weight excluding hydrogens is 308 g/mol. The molecule has 0 aliphatic carbocycles. The van der Waals surface area contributed by atoms with Gasteiger partial charge in [-0.3, -0.25) is 0 Å². The van der Waals surface area contributed by atoms with Gasteiger partial charge in [-0.1, -0.05) is 24.3 Å². The van der Waals surface area contributed by atoms with E-state index < -0.39 is 0 Å². The molecule has 0 aliphatic rings. The van der Waals surface area contributed by atoms with Gasteiger partial charge in [-0.15, -0.1) is 5.10 Å². The van der Waals surface area contributed by atoms with Crippen LogP contribution in [0.25, 0.3) is 10.8 Å². The largest absolute Gasteiger partial charge is 0.378 e. The predicted molar refractivity (Wildman–Crippen MR) is 107 cm³/mol. The lowest BCUT2D eigenvalue weighted by Gasteiger charge is -2.20. The van der Waals surface area contributed by atoms with Crippen molar-refractivity contribution in [3.8, 4) is 0 Å². The molecule has 0 amide bonds. The lowest BCUT2D eigenvalue weighted by Crippen LogP contribution is -2.12. The summed E-state index contributed by atoms with van der Waals surface area (Å²) in [4.78, 5) is 2.10. The van der Waals surface area contributed by atoms with Crippen molar-refractivity contribution in [2.24, 2.45) is 0 Å². The fraction of sp³-hybridized carbons (Fsp3) is 0.333. The van der Waals surface area contributed by atoms with Crippen LogP contribution in [0.5, 0.6) is 0 Å². The summed E-state index contributed by atoms with van der Waals surface area (Å²) in [7, 11) is 4.10. The lowest BCUT2D eigenvalue weighted by atomic mass is 9.98. The summed E-state index contributed by atoms with van der Waals surface area (Å²) in [5.41, 5.74) is 6.02. The van der Waals surface area contributed by atoms with Crippen LogP contribution in [0.3, 0.4) is 0 Å². The van der Waals surface area contributed by atoms with Gasteiger partial charge >= 0.3 is 0 Å². The van der Waals surface area contributed by atoms with E-state index in [-0.39, 0.29) is 6.04 Å². The van der Waals surface area contributed by atoms with Crippen molar-refractivity contribution in [1.82, 2.24) is 10.2 Å². The van der Waals surface area contributed by atoms with Crippen LogP contribution in [0.2, 0.25) is 0 Å². The minimum atomic E-state index is 0.156. The van der Waals surface area contributed by atoms with Crippen molar-refractivity contribution < 1.29 is 0 Å². The Bertz CT molecular complexity index is 915. The highest BCUT2D eigenvalue weighted by Gasteiger charge is 2.14. The number of nitrogens with zero attached hydrogens (tertiary/aromatic N) is 3. The van der Waals surface area contributed by atoms with Crippen LogP contribution in [0.15, 0.2) is 36.4 Å². The van der Waals surface area contributed by atoms with Crippen molar-refractivity contribution >= 4 is 22.3 Å². The predicted octanol–water partition coefficient (Wildman–Crippen LogP) is 4.79. The SMILES string of the molecule is Cc1cccc([C@@H](C)Nc2nnc(C)c3ccc(N(C)C)cc23)c1C. The van der Waals surface area contributed by atoms with Gasteiger partial charge in [0, 0.05) is 30.6 Å². The van der Waals surface area contributed by atoms with Gasteiger partial charge in [0.1, 0.15) is 0 Å². The summed E-state index contributed by atoms with van der Waals surface area (Å²) >= 11 is 0. The highest BCUT2D eigenvalue weighted by Crippen LogP contribution is 2.30. The molecule has 0 unspecified atom stereocenters. The minimum absolute atomic E-state index is 0.156. The maximum Gasteiger partial charge on any atom is 0.157 e. The first-order chi connectivity index (χ1) is 11.9. The number of hydrogen-bond acceptors (Lipinski definition) is 4. The molecule has 1 N–H and O–H groups in total. The number of nitrogens with one attached hydrogen (secondary N) is 1. The molecule has 0 aliphatic heterocycles. The summed E-state index contributed by atoms with van der Waals surface area (Å²) in [6.07, 6.45) is 0. The quantitative estimate of drug-likeness (QED) is 0.744. The van der Waals surface area contributed by atoms with E-state index in [4.69, 9.17) is 0 Å². The van der Waals surface area contributed by atoms with Crippen LogP contribution >= 0.6 is 0 Å². The Hall–Kier alpha value is -2.62. The van der Waals surface area contributed by atoms with E-state index in [2.05, 4.69) is 91.7 Å². The highest BCUT2D eigenvalue weighted by atomic mass is 15.2. The van der Waals surface area contributed by atoms with E-state index in [1.807, 2.05) is 6.92 Å². The molecule has 0 fully saturated rings. The molecule has 2 aromatic carbocycles. The van der Waals surface area contributed by atoms with Gasteiger partial charge in [-0.2, -0.15) is 5.10 Å². The van der Waals surface area contributed by atoms with Gasteiger partial charge in [0.25, 0.3) is 0 Å². The highest BCUT2D eigenvalue weighted by molar-refractivity contribution is 5.95. The standard InChI is InChI=1S/C21H26N4/c1-13-8-7-9-18(14(13)2)15(3)22-21-20-12-17(25(5)6)10-11-19(20)16(4)23-24-21/h7-12,15H,1-6H3,(H,22,24)/t15-/m1/s1. The van der Waals surface area contributed by atoms with Crippen LogP contribution in [0.4, 0.5) is 11.5 Å². The smallest absolute Gasteiger partial charge is 0.157 e. The van der Waals surface area contributed by atoms with E-state index in [1.54, 1.807) is 0 Å². The van der Waals surface area contributed by atoms with Crippen molar-refractivity contribution in [2.45, 2.75) is 33.7 Å². The van der Waals surface area contributed by atoms with Crippen molar-refractivity contribution in [3.05, 3.63) is 58.8 Å². The zero-order chi connectivity index (χ0) is 18.1. The number of rotatable bonds is 4. The average molecular weight is 334 g/mol. The van der Waals surface area contributed by atoms with Gasteiger partial charge in [-0.25, -0.2) is 0 Å². The third-order valence-corrected chi connectivity index (χ3v) is 4.93. The fourth-order valence-electron chi connectivity index (χ4n) is 3.19. The van der Waals surface area contributed by atoms with Gasteiger partial charge in [0.15, 0.2) is 5.82 Å². The lowest BCUT2D eigenvalue weighted by molar-refractivity contribution is 0.851. The van der Waals surface area contributed by atoms with E-state index in [0.29, 0.717) is 0 Å². The van der Waals surface area contributed by atoms with Gasteiger partial charge in [0.05, 0.1) is 11.7 Å². The molecule has 0 saturated carbocycles. The molecule has 4 nitrogen and oxygen atoms in total. The first-order valence-corrected chi connectivity index (χ1v) is 8.65. The Kier molecular flexibility index (Phi) is 4.62. The molecule has 3 aromatic rings. The van der Waals surface area contributed by atoms with Crippen LogP contribution in [-0.2, 0) is 0 Å². The van der Waals surface area contributed by atoms with E-state index in [0.717, 1.165) is 28.0 Å². The second kappa shape index (κ2) is 6.71. The van der Waals surface area contributed by atoms with Gasteiger partial charge in [-0.05, 0) is 56.5 Å². The molecule has 4 heteroatoms. The zero-order valence-corrected chi connectivity index (χ0v) is 15.9. The number of anilines is 2. The summed E-state index contributed by atoms with van der Waals surface area (Å²) in [6.45, 7) is 8.50. The Morgan fingerprint density at radius 3 is 2.44 bits per heavy atom. The third kappa shape index (κ3) is 3.29. The topological polar surface area (TPSA) is 41.1 Å². The van der Waals surface area contributed by atoms with E-state index in [1.165, 1.54) is 16.7 Å². The number of aryl methyl sites for hydroxylation is 2. The molecular formula is C21H26N4. The Morgan fingerprint density at radius 2 is 1.72 bits per heavy atom. The molecule has 0 radical (unpaired) electrons. The molecule has 1 atom stereocenters. The first-order valence-electron chi connectivity index (χ1n) is 8.65. The molecule has 1 aromatic heterocycles. The average Bonchev–Trinajstić information content (AvgIpc) is 2.59. The van der Waals surface area contributed by atoms with Gasteiger partial charge in [0.2, 0.25) is 0 Å². The summed E-state index contributed by atoms with van der Waals surface area (Å²) in [6, 6.07) is 13.0. The summed E-state index contributed by atoms with van der Waals surface area (Å²) in [5, 5.41) is 14.6. The second-order valence-corrected chi connectivity index (χ2v) is 6.91. The van der Waals surface area contributed by atoms with Crippen LogP contribution < -0.4 is 10.2 Å². The van der Waals surface area contributed by atoms with Crippen molar-refractivity contribution in [1.29, 1.82) is 0 Å². The first kappa shape index (κ1) is 17.2. The zero-order valence-electron chi connectivity index (χ0n) is 15.9. The molecule has 130 valence electrons. The summed E-state index contributed by atoms with van der Waals surface area (Å²) < 4.78 is 0. The maximum atomic E-state index is 4.44. The van der Waals surface area contributed by atoms with E-state index >= 15 is 0 Å². The maximum absolute atomic E-state index is 4.44. The molecule has 0 spiro atoms. The third-order valence-electron chi connectivity index (χ3n) is 4.93. The molecule has 0 saturated heterocycles. The summed E-state index contributed by atoms with van der Waals surface area (Å²) in [5.74, 6) is 0.831. The number of benzene rings is 2. The number of aromatic nitrogens is 2. The Balaban J connectivity index is 2.04. The monoisotopic (exact) mass is 334 g/mol. The van der Waals surface area contributed by atoms with Crippen molar-refractivity contribution in [3.63, 3.8) is 0 Å². The number of hydrogen-bond donors (Lipinski definition) is 1. The number of fused-ring (bicyclic) bond motifs is 1. The molecule has 3 rings (SSSR count). The van der Waals surface area contributed by atoms with E-state index in [9.17, 15) is 0 Å². The molecule has 25 heavy (non-hydrogen) atoms. The van der Waals surface area contributed by atoms with Crippen LogP contribution in [0.1, 0.15) is 35.3 Å². The van der Waals surface area contributed by atoms with Crippen molar-refractivity contribution in [2.75, 3.05) is 24.3 Å². The van der Waals surface area contributed by atoms with Crippen LogP contribution in [0, 0.1) is 20.8 Å². The second-order valence-electron chi connectivity index (χ2n) is 6.91. The Morgan fingerprint density at radius 1 is 0.960 bits per heavy atom. The minimum Gasteiger partial charge on any atom is -0.378 e. The van der Waals surface area contributed by atoms with Crippen LogP contribution in [-0.4, -0.2) is 24.3 Å². The normalized spacial score (nSPS) is 12.2. The fourth-order valence-corrected chi connectivity index (χ4v) is 3.19.